The number of nitrogens with one attached hydrogen (secondary N) is 1. The third kappa shape index (κ3) is 5.90. The second-order valence-corrected chi connectivity index (χ2v) is 9.45. The van der Waals surface area contributed by atoms with Crippen molar-refractivity contribution < 1.29 is 14.3 Å². The number of methoxy groups -OCH3 is 1. The number of carbonyl (C=O) groups excluding carboxylic acids is 2. The Hall–Kier alpha value is -3.94. The lowest BCUT2D eigenvalue weighted by molar-refractivity contribution is 0.0600. The Balaban J connectivity index is 1.76. The normalized spacial score (nSPS) is 11.7. The van der Waals surface area contributed by atoms with Crippen LogP contribution in [-0.4, -0.2) is 28.8 Å². The predicted octanol–water partition coefficient (Wildman–Crippen LogP) is 5.45. The SMILES string of the molecule is COC(=O)c1cc(Cl)cc(-c2cc(-c3cnn(C)c3)cc(C(C)NC(=O)c3cc(CN)ccc3C)c2)c1. The molecular formula is C29H29ClN4O3. The lowest BCUT2D eigenvalue weighted by atomic mass is 9.94. The quantitative estimate of drug-likeness (QED) is 0.318. The largest absolute Gasteiger partial charge is 0.465 e. The second kappa shape index (κ2) is 11.0. The van der Waals surface area contributed by atoms with Gasteiger partial charge < -0.3 is 15.8 Å². The third-order valence-electron chi connectivity index (χ3n) is 6.28. The molecule has 8 heteroatoms. The van der Waals surface area contributed by atoms with Gasteiger partial charge in [0.1, 0.15) is 0 Å². The first-order valence-corrected chi connectivity index (χ1v) is 12.2. The summed E-state index contributed by atoms with van der Waals surface area (Å²) in [4.78, 5) is 25.4. The molecule has 4 aromatic rings. The topological polar surface area (TPSA) is 99.2 Å². The number of nitrogens with zero attached hydrogens (tertiary/aromatic N) is 2. The van der Waals surface area contributed by atoms with E-state index in [1.807, 2.05) is 63.5 Å². The average molecular weight is 517 g/mol. The van der Waals surface area contributed by atoms with E-state index in [0.29, 0.717) is 22.7 Å². The van der Waals surface area contributed by atoms with Crippen molar-refractivity contribution in [1.82, 2.24) is 15.1 Å². The zero-order valence-electron chi connectivity index (χ0n) is 21.2. The highest BCUT2D eigenvalue weighted by Gasteiger charge is 2.17. The highest BCUT2D eigenvalue weighted by atomic mass is 35.5. The van der Waals surface area contributed by atoms with Crippen molar-refractivity contribution in [3.8, 4) is 22.3 Å². The van der Waals surface area contributed by atoms with Crippen LogP contribution in [0.2, 0.25) is 5.02 Å². The van der Waals surface area contributed by atoms with E-state index in [1.54, 1.807) is 29.1 Å². The van der Waals surface area contributed by atoms with E-state index in [0.717, 1.165) is 38.9 Å². The Kier molecular flexibility index (Phi) is 7.76. The molecule has 0 saturated heterocycles. The number of hydrogen-bond acceptors (Lipinski definition) is 5. The maximum Gasteiger partial charge on any atom is 0.337 e. The highest BCUT2D eigenvalue weighted by molar-refractivity contribution is 6.31. The van der Waals surface area contributed by atoms with Gasteiger partial charge in [-0.05, 0) is 89.7 Å². The molecule has 3 N–H and O–H groups in total. The molecule has 0 radical (unpaired) electrons. The molecule has 3 aromatic carbocycles. The van der Waals surface area contributed by atoms with Crippen molar-refractivity contribution in [1.29, 1.82) is 0 Å². The molecule has 0 aliphatic rings. The van der Waals surface area contributed by atoms with Crippen LogP contribution < -0.4 is 11.1 Å². The minimum atomic E-state index is -0.469. The molecule has 4 rings (SSSR count). The fourth-order valence-electron chi connectivity index (χ4n) is 4.20. The molecule has 1 aromatic heterocycles. The van der Waals surface area contributed by atoms with Crippen molar-refractivity contribution in [2.45, 2.75) is 26.4 Å². The summed E-state index contributed by atoms with van der Waals surface area (Å²) in [5, 5.41) is 7.84. The van der Waals surface area contributed by atoms with Gasteiger partial charge in [-0.2, -0.15) is 5.10 Å². The molecule has 1 amide bonds. The van der Waals surface area contributed by atoms with E-state index in [9.17, 15) is 9.59 Å². The van der Waals surface area contributed by atoms with E-state index in [-0.39, 0.29) is 11.9 Å². The Morgan fingerprint density at radius 1 is 1.05 bits per heavy atom. The van der Waals surface area contributed by atoms with Crippen LogP contribution in [0.15, 0.2) is 67.0 Å². The maximum absolute atomic E-state index is 13.2. The third-order valence-corrected chi connectivity index (χ3v) is 6.49. The number of aromatic nitrogens is 2. The number of carbonyl (C=O) groups is 2. The van der Waals surface area contributed by atoms with E-state index in [4.69, 9.17) is 22.1 Å². The molecule has 0 spiro atoms. The molecule has 0 aliphatic carbocycles. The van der Waals surface area contributed by atoms with E-state index in [2.05, 4.69) is 10.4 Å². The first-order chi connectivity index (χ1) is 17.7. The van der Waals surface area contributed by atoms with Gasteiger partial charge in [0.2, 0.25) is 0 Å². The fraction of sp³-hybridized carbons (Fsp3) is 0.207. The summed E-state index contributed by atoms with van der Waals surface area (Å²) in [7, 11) is 3.19. The van der Waals surface area contributed by atoms with Crippen LogP contribution in [0.3, 0.4) is 0 Å². The number of hydrogen-bond donors (Lipinski definition) is 2. The number of nitrogens with two attached hydrogens (primary N) is 1. The lowest BCUT2D eigenvalue weighted by Crippen LogP contribution is -2.27. The van der Waals surface area contributed by atoms with Crippen molar-refractivity contribution in [3.63, 3.8) is 0 Å². The molecule has 1 atom stereocenters. The first kappa shape index (κ1) is 26.1. The van der Waals surface area contributed by atoms with Crippen molar-refractivity contribution in [2.24, 2.45) is 12.8 Å². The maximum atomic E-state index is 13.2. The summed E-state index contributed by atoms with van der Waals surface area (Å²) in [5.41, 5.74) is 12.8. The highest BCUT2D eigenvalue weighted by Crippen LogP contribution is 2.32. The number of ether oxygens (including phenoxy) is 1. The molecule has 0 saturated carbocycles. The summed E-state index contributed by atoms with van der Waals surface area (Å²) >= 11 is 6.35. The van der Waals surface area contributed by atoms with Crippen molar-refractivity contribution in [2.75, 3.05) is 7.11 Å². The van der Waals surface area contributed by atoms with E-state index in [1.165, 1.54) is 7.11 Å². The molecule has 0 aliphatic heterocycles. The van der Waals surface area contributed by atoms with Gasteiger partial charge in [0.05, 0.1) is 24.9 Å². The van der Waals surface area contributed by atoms with Crippen LogP contribution in [0, 0.1) is 6.92 Å². The number of aryl methyl sites for hydroxylation is 2. The molecule has 0 bridgehead atoms. The van der Waals surface area contributed by atoms with Crippen LogP contribution in [0.1, 0.15) is 50.4 Å². The number of halogens is 1. The summed E-state index contributed by atoms with van der Waals surface area (Å²) < 4.78 is 6.62. The molecule has 1 heterocycles. The first-order valence-electron chi connectivity index (χ1n) is 11.8. The van der Waals surface area contributed by atoms with Crippen LogP contribution in [-0.2, 0) is 18.3 Å². The van der Waals surface area contributed by atoms with Crippen LogP contribution >= 0.6 is 11.6 Å². The summed E-state index contributed by atoms with van der Waals surface area (Å²) in [6.45, 7) is 4.20. The van der Waals surface area contributed by atoms with Crippen LogP contribution in [0.5, 0.6) is 0 Å². The molecule has 7 nitrogen and oxygen atoms in total. The second-order valence-electron chi connectivity index (χ2n) is 9.02. The Morgan fingerprint density at radius 3 is 2.41 bits per heavy atom. The minimum absolute atomic E-state index is 0.177. The van der Waals surface area contributed by atoms with E-state index >= 15 is 0 Å². The lowest BCUT2D eigenvalue weighted by Gasteiger charge is -2.18. The number of benzene rings is 3. The molecule has 190 valence electrons. The van der Waals surface area contributed by atoms with Gasteiger partial charge in [-0.25, -0.2) is 4.79 Å². The van der Waals surface area contributed by atoms with Crippen molar-refractivity contribution >= 4 is 23.5 Å². The molecule has 0 fully saturated rings. The zero-order valence-corrected chi connectivity index (χ0v) is 22.0. The van der Waals surface area contributed by atoms with Crippen molar-refractivity contribution in [3.05, 3.63) is 99.8 Å². The average Bonchev–Trinajstić information content (AvgIpc) is 3.34. The van der Waals surface area contributed by atoms with Gasteiger partial charge in [0.25, 0.3) is 5.91 Å². The van der Waals surface area contributed by atoms with Crippen LogP contribution in [0.25, 0.3) is 22.3 Å². The number of rotatable bonds is 7. The summed E-state index contributed by atoms with van der Waals surface area (Å²) in [6, 6.07) is 16.5. The van der Waals surface area contributed by atoms with Gasteiger partial charge in [0.15, 0.2) is 0 Å². The summed E-state index contributed by atoms with van der Waals surface area (Å²) in [5.74, 6) is -0.646. The van der Waals surface area contributed by atoms with Gasteiger partial charge in [-0.1, -0.05) is 23.7 Å². The molecule has 37 heavy (non-hydrogen) atoms. The van der Waals surface area contributed by atoms with E-state index < -0.39 is 5.97 Å². The standard InChI is InChI=1S/C29H29ClN4O3/c1-17-5-6-19(14-31)7-27(17)28(35)33-18(2)20-8-21(10-22(9-20)25-15-32-34(3)16-25)23-11-24(29(36)37-4)13-26(30)12-23/h5-13,15-16,18H,14,31H2,1-4H3,(H,33,35). The van der Waals surface area contributed by atoms with Crippen LogP contribution in [0.4, 0.5) is 0 Å². The van der Waals surface area contributed by atoms with Gasteiger partial charge in [-0.15, -0.1) is 0 Å². The van der Waals surface area contributed by atoms with Gasteiger partial charge in [0, 0.05) is 35.9 Å². The monoisotopic (exact) mass is 516 g/mol. The van der Waals surface area contributed by atoms with Gasteiger partial charge >= 0.3 is 5.97 Å². The zero-order chi connectivity index (χ0) is 26.7. The van der Waals surface area contributed by atoms with Gasteiger partial charge in [-0.3, -0.25) is 9.48 Å². The Labute approximate surface area is 221 Å². The smallest absolute Gasteiger partial charge is 0.337 e. The minimum Gasteiger partial charge on any atom is -0.465 e. The molecular weight excluding hydrogens is 488 g/mol. The number of esters is 1. The number of amides is 1. The predicted molar refractivity (Wildman–Crippen MR) is 145 cm³/mol. The Morgan fingerprint density at radius 2 is 1.76 bits per heavy atom. The summed E-state index contributed by atoms with van der Waals surface area (Å²) in [6.07, 6.45) is 3.71. The Bertz CT molecular complexity index is 1480. The fourth-order valence-corrected chi connectivity index (χ4v) is 4.43. The molecule has 1 unspecified atom stereocenters.